The van der Waals surface area contributed by atoms with Crippen molar-refractivity contribution in [1.82, 2.24) is 10.2 Å². The first-order valence-corrected chi connectivity index (χ1v) is 9.07. The van der Waals surface area contributed by atoms with E-state index in [2.05, 4.69) is 32.7 Å². The van der Waals surface area contributed by atoms with Gasteiger partial charge in [-0.25, -0.2) is 4.79 Å². The molecular weight excluding hydrogens is 322 g/mol. The second-order valence-electron chi connectivity index (χ2n) is 6.41. The maximum Gasteiger partial charge on any atom is 0.325 e. The van der Waals surface area contributed by atoms with Crippen LogP contribution >= 0.6 is 11.3 Å². The number of benzene rings is 1. The van der Waals surface area contributed by atoms with Crippen molar-refractivity contribution in [2.24, 2.45) is 5.92 Å². The predicted octanol–water partition coefficient (Wildman–Crippen LogP) is 4.04. The number of urea groups is 1. The normalized spacial score (nSPS) is 17.6. The lowest BCUT2D eigenvalue weighted by Crippen LogP contribution is -2.34. The largest absolute Gasteiger partial charge is 0.346 e. The Bertz CT molecular complexity index is 730. The summed E-state index contributed by atoms with van der Waals surface area (Å²) in [6.07, 6.45) is 2.44. The summed E-state index contributed by atoms with van der Waals surface area (Å²) >= 11 is 1.42. The van der Waals surface area contributed by atoms with Crippen LogP contribution in [0.5, 0.6) is 0 Å². The van der Waals surface area contributed by atoms with Gasteiger partial charge in [-0.2, -0.15) is 0 Å². The summed E-state index contributed by atoms with van der Waals surface area (Å²) in [6, 6.07) is 5.55. The van der Waals surface area contributed by atoms with Gasteiger partial charge >= 0.3 is 6.03 Å². The van der Waals surface area contributed by atoms with E-state index in [-0.39, 0.29) is 6.03 Å². The molecule has 0 unspecified atom stereocenters. The molecule has 7 heteroatoms. The molecule has 1 aromatic carbocycles. The van der Waals surface area contributed by atoms with Crippen molar-refractivity contribution >= 4 is 33.3 Å². The summed E-state index contributed by atoms with van der Waals surface area (Å²) in [5.41, 5.74) is 3.01. The van der Waals surface area contributed by atoms with Gasteiger partial charge in [-0.3, -0.25) is 5.32 Å². The third-order valence-electron chi connectivity index (χ3n) is 4.42. The molecule has 1 aliphatic rings. The first-order chi connectivity index (χ1) is 11.5. The Morgan fingerprint density at radius 1 is 1.29 bits per heavy atom. The SMILES string of the molecule is Cc1cccc(NC(=O)Nc2nnc(N3CCC[C@@H](C)C3)s2)c1C. The van der Waals surface area contributed by atoms with Crippen LogP contribution in [0.1, 0.15) is 30.9 Å². The third-order valence-corrected chi connectivity index (χ3v) is 5.31. The molecular formula is C17H23N5OS. The van der Waals surface area contributed by atoms with Crippen molar-refractivity contribution in [2.75, 3.05) is 28.6 Å². The molecule has 1 aromatic heterocycles. The number of hydrogen-bond acceptors (Lipinski definition) is 5. The lowest BCUT2D eigenvalue weighted by molar-refractivity contribution is 0.262. The average molecular weight is 345 g/mol. The third kappa shape index (κ3) is 3.84. The highest BCUT2D eigenvalue weighted by atomic mass is 32.1. The fraction of sp³-hybridized carbons (Fsp3) is 0.471. The number of nitrogens with one attached hydrogen (secondary N) is 2. The van der Waals surface area contributed by atoms with E-state index in [0.717, 1.165) is 35.0 Å². The van der Waals surface area contributed by atoms with E-state index >= 15 is 0 Å². The van der Waals surface area contributed by atoms with Crippen LogP contribution in [0.25, 0.3) is 0 Å². The number of carbonyl (C=O) groups is 1. The molecule has 0 saturated carbocycles. The first-order valence-electron chi connectivity index (χ1n) is 8.25. The van der Waals surface area contributed by atoms with Crippen LogP contribution in [0, 0.1) is 19.8 Å². The van der Waals surface area contributed by atoms with E-state index in [1.165, 1.54) is 24.2 Å². The van der Waals surface area contributed by atoms with Crippen LogP contribution in [0.3, 0.4) is 0 Å². The fourth-order valence-electron chi connectivity index (χ4n) is 2.89. The van der Waals surface area contributed by atoms with Crippen LogP contribution in [0.4, 0.5) is 20.7 Å². The fourth-order valence-corrected chi connectivity index (χ4v) is 3.67. The number of hydrogen-bond donors (Lipinski definition) is 2. The molecule has 2 heterocycles. The molecule has 1 fully saturated rings. The van der Waals surface area contributed by atoms with Gasteiger partial charge in [0.1, 0.15) is 0 Å². The van der Waals surface area contributed by atoms with Crippen molar-refractivity contribution in [1.29, 1.82) is 0 Å². The molecule has 2 aromatic rings. The summed E-state index contributed by atoms with van der Waals surface area (Å²) in [7, 11) is 0. The zero-order valence-corrected chi connectivity index (χ0v) is 15.1. The molecule has 0 bridgehead atoms. The molecule has 0 spiro atoms. The van der Waals surface area contributed by atoms with Gasteiger partial charge in [-0.15, -0.1) is 10.2 Å². The number of aryl methyl sites for hydroxylation is 1. The van der Waals surface area contributed by atoms with E-state index in [1.807, 2.05) is 32.0 Å². The van der Waals surface area contributed by atoms with Crippen LogP contribution in [-0.2, 0) is 0 Å². The first kappa shape index (κ1) is 16.7. The number of anilines is 3. The van der Waals surface area contributed by atoms with Gasteiger partial charge in [0, 0.05) is 18.8 Å². The van der Waals surface area contributed by atoms with E-state index in [4.69, 9.17) is 0 Å². The Morgan fingerprint density at radius 2 is 2.12 bits per heavy atom. The molecule has 0 aliphatic carbocycles. The minimum absolute atomic E-state index is 0.293. The molecule has 3 rings (SSSR count). The number of amides is 2. The quantitative estimate of drug-likeness (QED) is 0.881. The smallest absolute Gasteiger partial charge is 0.325 e. The Balaban J connectivity index is 1.62. The molecule has 1 aliphatic heterocycles. The minimum atomic E-state index is -0.293. The van der Waals surface area contributed by atoms with Crippen LogP contribution in [0.15, 0.2) is 18.2 Å². The van der Waals surface area contributed by atoms with Crippen molar-refractivity contribution in [3.8, 4) is 0 Å². The predicted molar refractivity (Wildman–Crippen MR) is 99.1 cm³/mol. The summed E-state index contributed by atoms with van der Waals surface area (Å²) < 4.78 is 0. The van der Waals surface area contributed by atoms with Gasteiger partial charge in [0.05, 0.1) is 0 Å². The highest BCUT2D eigenvalue weighted by Gasteiger charge is 2.20. The topological polar surface area (TPSA) is 70.1 Å². The highest BCUT2D eigenvalue weighted by molar-refractivity contribution is 7.19. The second-order valence-corrected chi connectivity index (χ2v) is 7.37. The standard InChI is InChI=1S/C17H23N5OS/c1-11-6-5-9-22(10-11)17-21-20-16(24-17)19-15(23)18-14-8-4-7-12(2)13(14)3/h4,7-8,11H,5-6,9-10H2,1-3H3,(H2,18,19,20,23)/t11-/m1/s1. The molecule has 128 valence electrons. The van der Waals surface area contributed by atoms with Gasteiger partial charge in [0.25, 0.3) is 0 Å². The summed E-state index contributed by atoms with van der Waals surface area (Å²) in [4.78, 5) is 14.4. The molecule has 1 saturated heterocycles. The van der Waals surface area contributed by atoms with Gasteiger partial charge in [-0.05, 0) is 49.8 Å². The van der Waals surface area contributed by atoms with Gasteiger partial charge < -0.3 is 10.2 Å². The van der Waals surface area contributed by atoms with Crippen molar-refractivity contribution in [3.63, 3.8) is 0 Å². The Morgan fingerprint density at radius 3 is 2.92 bits per heavy atom. The molecule has 0 radical (unpaired) electrons. The number of carbonyl (C=O) groups excluding carboxylic acids is 1. The van der Waals surface area contributed by atoms with Gasteiger partial charge in [-0.1, -0.05) is 30.4 Å². The molecule has 6 nitrogen and oxygen atoms in total. The lowest BCUT2D eigenvalue weighted by atomic mass is 10.0. The summed E-state index contributed by atoms with van der Waals surface area (Å²) in [5, 5.41) is 15.4. The van der Waals surface area contributed by atoms with E-state index in [9.17, 15) is 4.79 Å². The maximum atomic E-state index is 12.2. The molecule has 2 amide bonds. The van der Waals surface area contributed by atoms with E-state index in [0.29, 0.717) is 11.0 Å². The second kappa shape index (κ2) is 7.17. The number of aromatic nitrogens is 2. The van der Waals surface area contributed by atoms with Crippen LogP contribution in [0.2, 0.25) is 0 Å². The van der Waals surface area contributed by atoms with Crippen molar-refractivity contribution in [2.45, 2.75) is 33.6 Å². The number of nitrogens with zero attached hydrogens (tertiary/aromatic N) is 3. The van der Waals surface area contributed by atoms with Gasteiger partial charge in [0.2, 0.25) is 10.3 Å². The number of piperidine rings is 1. The van der Waals surface area contributed by atoms with Crippen molar-refractivity contribution < 1.29 is 4.79 Å². The monoisotopic (exact) mass is 345 g/mol. The molecule has 2 N–H and O–H groups in total. The highest BCUT2D eigenvalue weighted by Crippen LogP contribution is 2.28. The molecule has 24 heavy (non-hydrogen) atoms. The Kier molecular flexibility index (Phi) is 4.99. The van der Waals surface area contributed by atoms with Crippen molar-refractivity contribution in [3.05, 3.63) is 29.3 Å². The lowest BCUT2D eigenvalue weighted by Gasteiger charge is -2.29. The summed E-state index contributed by atoms with van der Waals surface area (Å²) in [5.74, 6) is 0.673. The maximum absolute atomic E-state index is 12.2. The van der Waals surface area contributed by atoms with Crippen LogP contribution in [-0.4, -0.2) is 29.3 Å². The average Bonchev–Trinajstić information content (AvgIpc) is 3.00. The summed E-state index contributed by atoms with van der Waals surface area (Å²) in [6.45, 7) is 8.28. The minimum Gasteiger partial charge on any atom is -0.346 e. The molecule has 1 atom stereocenters. The zero-order valence-electron chi connectivity index (χ0n) is 14.3. The van der Waals surface area contributed by atoms with Gasteiger partial charge in [0.15, 0.2) is 0 Å². The van der Waals surface area contributed by atoms with Crippen LogP contribution < -0.4 is 15.5 Å². The van der Waals surface area contributed by atoms with E-state index in [1.54, 1.807) is 0 Å². The van der Waals surface area contributed by atoms with E-state index < -0.39 is 0 Å². The Hall–Kier alpha value is -2.15. The number of rotatable bonds is 3. The Labute approximate surface area is 146 Å². The zero-order chi connectivity index (χ0) is 17.1.